The Kier molecular flexibility index (Phi) is 5.62. The summed E-state index contributed by atoms with van der Waals surface area (Å²) in [6, 6.07) is 0.628. The van der Waals surface area contributed by atoms with Crippen molar-refractivity contribution in [3.8, 4) is 0 Å². The monoisotopic (exact) mass is 343 g/mol. The predicted octanol–water partition coefficient (Wildman–Crippen LogP) is 3.63. The molecule has 1 heterocycles. The SMILES string of the molecule is CC1CCCCN1CC(O)COC12CC3CC(CC(C3)C1)C2.Cl. The van der Waals surface area contributed by atoms with Crippen LogP contribution in [0.15, 0.2) is 0 Å². The molecule has 4 aliphatic carbocycles. The lowest BCUT2D eigenvalue weighted by Gasteiger charge is -2.56. The van der Waals surface area contributed by atoms with Crippen LogP contribution in [0.1, 0.15) is 64.7 Å². The fraction of sp³-hybridized carbons (Fsp3) is 1.00. The maximum absolute atomic E-state index is 10.5. The van der Waals surface area contributed by atoms with E-state index in [0.29, 0.717) is 12.6 Å². The molecule has 134 valence electrons. The Morgan fingerprint density at radius 1 is 1.09 bits per heavy atom. The van der Waals surface area contributed by atoms with E-state index in [4.69, 9.17) is 4.74 Å². The van der Waals surface area contributed by atoms with Crippen LogP contribution in [0.3, 0.4) is 0 Å². The van der Waals surface area contributed by atoms with Gasteiger partial charge in [-0.25, -0.2) is 0 Å². The average Bonchev–Trinajstić information content (AvgIpc) is 2.46. The van der Waals surface area contributed by atoms with Crippen LogP contribution in [-0.4, -0.2) is 47.4 Å². The van der Waals surface area contributed by atoms with Crippen LogP contribution < -0.4 is 0 Å². The Hall–Kier alpha value is 0.170. The van der Waals surface area contributed by atoms with Crippen molar-refractivity contribution >= 4 is 12.4 Å². The van der Waals surface area contributed by atoms with E-state index in [0.717, 1.165) is 30.8 Å². The fourth-order valence-corrected chi connectivity index (χ4v) is 6.23. The molecule has 0 spiro atoms. The Balaban J connectivity index is 0.00000156. The van der Waals surface area contributed by atoms with Crippen LogP contribution >= 0.6 is 12.4 Å². The second-order valence-corrected chi connectivity index (χ2v) is 8.91. The van der Waals surface area contributed by atoms with Gasteiger partial charge in [-0.2, -0.15) is 0 Å². The van der Waals surface area contributed by atoms with E-state index >= 15 is 0 Å². The molecule has 0 aromatic rings. The van der Waals surface area contributed by atoms with Gasteiger partial charge in [0.05, 0.1) is 18.3 Å². The molecule has 0 radical (unpaired) electrons. The zero-order valence-corrected chi connectivity index (χ0v) is 15.4. The third-order valence-electron chi connectivity index (χ3n) is 6.95. The molecule has 3 nitrogen and oxygen atoms in total. The Bertz CT molecular complexity index is 368. The molecule has 2 unspecified atom stereocenters. The van der Waals surface area contributed by atoms with Gasteiger partial charge in [0.1, 0.15) is 0 Å². The van der Waals surface area contributed by atoms with Crippen LogP contribution in [0.25, 0.3) is 0 Å². The smallest absolute Gasteiger partial charge is 0.0900 e. The largest absolute Gasteiger partial charge is 0.389 e. The lowest BCUT2D eigenvalue weighted by molar-refractivity contribution is -0.176. The quantitative estimate of drug-likeness (QED) is 0.827. The van der Waals surface area contributed by atoms with Gasteiger partial charge >= 0.3 is 0 Å². The number of aliphatic hydroxyl groups is 1. The standard InChI is InChI=1S/C19H33NO2.ClH/c1-14-4-2-3-5-20(14)12-18(21)13-22-19-9-15-6-16(10-19)8-17(7-15)11-19;/h14-18,21H,2-13H2,1H3;1H. The lowest BCUT2D eigenvalue weighted by Crippen LogP contribution is -2.53. The highest BCUT2D eigenvalue weighted by Crippen LogP contribution is 2.57. The lowest BCUT2D eigenvalue weighted by atomic mass is 9.54. The first-order valence-electron chi connectivity index (χ1n) is 9.68. The van der Waals surface area contributed by atoms with E-state index in [2.05, 4.69) is 11.8 Å². The molecule has 4 bridgehead atoms. The summed E-state index contributed by atoms with van der Waals surface area (Å²) in [5.74, 6) is 2.77. The predicted molar refractivity (Wildman–Crippen MR) is 95.0 cm³/mol. The van der Waals surface area contributed by atoms with Gasteiger partial charge in [0.15, 0.2) is 0 Å². The number of nitrogens with zero attached hydrogens (tertiary/aromatic N) is 1. The molecule has 0 aromatic carbocycles. The number of likely N-dealkylation sites (tertiary alicyclic amines) is 1. The number of piperidine rings is 1. The minimum Gasteiger partial charge on any atom is -0.389 e. The number of aliphatic hydroxyl groups excluding tert-OH is 1. The maximum atomic E-state index is 10.5. The highest BCUT2D eigenvalue weighted by molar-refractivity contribution is 5.85. The molecule has 1 N–H and O–H groups in total. The first kappa shape index (κ1) is 18.0. The van der Waals surface area contributed by atoms with Gasteiger partial charge in [0, 0.05) is 12.6 Å². The molecule has 1 saturated heterocycles. The number of ether oxygens (including phenoxy) is 1. The molecule has 5 aliphatic rings. The molecule has 5 fully saturated rings. The van der Waals surface area contributed by atoms with Crippen molar-refractivity contribution in [1.82, 2.24) is 4.90 Å². The topological polar surface area (TPSA) is 32.7 Å². The molecule has 0 aromatic heterocycles. The van der Waals surface area contributed by atoms with Crippen molar-refractivity contribution in [2.75, 3.05) is 19.7 Å². The van der Waals surface area contributed by atoms with Crippen molar-refractivity contribution < 1.29 is 9.84 Å². The van der Waals surface area contributed by atoms with Gasteiger partial charge in [-0.15, -0.1) is 12.4 Å². The third kappa shape index (κ3) is 3.89. The second-order valence-electron chi connectivity index (χ2n) is 8.91. The van der Waals surface area contributed by atoms with Crippen LogP contribution in [0.2, 0.25) is 0 Å². The number of hydrogen-bond donors (Lipinski definition) is 1. The van der Waals surface area contributed by atoms with E-state index in [1.807, 2.05) is 0 Å². The summed E-state index contributed by atoms with van der Waals surface area (Å²) in [4.78, 5) is 2.46. The van der Waals surface area contributed by atoms with E-state index in [1.165, 1.54) is 57.8 Å². The van der Waals surface area contributed by atoms with Crippen molar-refractivity contribution in [1.29, 1.82) is 0 Å². The fourth-order valence-electron chi connectivity index (χ4n) is 6.23. The van der Waals surface area contributed by atoms with Crippen LogP contribution in [-0.2, 0) is 4.74 Å². The number of β-amino-alcohol motifs (C(OH)–C–C–N with tert-alkyl or cyclic N) is 1. The Morgan fingerprint density at radius 3 is 2.26 bits per heavy atom. The average molecular weight is 344 g/mol. The molecule has 5 rings (SSSR count). The molecule has 23 heavy (non-hydrogen) atoms. The highest BCUT2D eigenvalue weighted by Gasteiger charge is 2.51. The molecule has 0 amide bonds. The number of halogens is 1. The third-order valence-corrected chi connectivity index (χ3v) is 6.95. The Morgan fingerprint density at radius 2 is 1.70 bits per heavy atom. The number of rotatable bonds is 5. The van der Waals surface area contributed by atoms with Crippen LogP contribution in [0.5, 0.6) is 0 Å². The van der Waals surface area contributed by atoms with Gasteiger partial charge in [-0.05, 0) is 82.6 Å². The second kappa shape index (κ2) is 7.19. The Labute approximate surface area is 147 Å². The minimum absolute atomic E-state index is 0. The van der Waals surface area contributed by atoms with Crippen molar-refractivity contribution in [2.24, 2.45) is 17.8 Å². The van der Waals surface area contributed by atoms with Gasteiger partial charge in [0.2, 0.25) is 0 Å². The molecular weight excluding hydrogens is 310 g/mol. The van der Waals surface area contributed by atoms with E-state index in [1.54, 1.807) is 0 Å². The zero-order chi connectivity index (χ0) is 15.2. The molecule has 2 atom stereocenters. The molecular formula is C19H34ClNO2. The molecule has 1 aliphatic heterocycles. The van der Waals surface area contributed by atoms with Gasteiger partial charge in [-0.1, -0.05) is 6.42 Å². The van der Waals surface area contributed by atoms with Gasteiger partial charge in [-0.3, -0.25) is 4.90 Å². The highest BCUT2D eigenvalue weighted by atomic mass is 35.5. The van der Waals surface area contributed by atoms with E-state index in [-0.39, 0.29) is 24.1 Å². The summed E-state index contributed by atoms with van der Waals surface area (Å²) in [6.45, 7) is 4.80. The van der Waals surface area contributed by atoms with Crippen LogP contribution in [0.4, 0.5) is 0 Å². The summed E-state index contributed by atoms with van der Waals surface area (Å²) < 4.78 is 6.40. The summed E-state index contributed by atoms with van der Waals surface area (Å²) in [7, 11) is 0. The first-order valence-corrected chi connectivity index (χ1v) is 9.68. The van der Waals surface area contributed by atoms with Crippen LogP contribution in [0, 0.1) is 17.8 Å². The van der Waals surface area contributed by atoms with Gasteiger partial charge < -0.3 is 9.84 Å². The molecule has 4 heteroatoms. The maximum Gasteiger partial charge on any atom is 0.0900 e. The molecule has 4 saturated carbocycles. The van der Waals surface area contributed by atoms with Crippen molar-refractivity contribution in [2.45, 2.75) is 82.5 Å². The number of hydrogen-bond acceptors (Lipinski definition) is 3. The normalized spacial score (nSPS) is 44.1. The van der Waals surface area contributed by atoms with E-state index < -0.39 is 0 Å². The van der Waals surface area contributed by atoms with Crippen molar-refractivity contribution in [3.63, 3.8) is 0 Å². The van der Waals surface area contributed by atoms with Gasteiger partial charge in [0.25, 0.3) is 0 Å². The minimum atomic E-state index is -0.312. The summed E-state index contributed by atoms with van der Waals surface area (Å²) in [5.41, 5.74) is 0.142. The summed E-state index contributed by atoms with van der Waals surface area (Å²) >= 11 is 0. The first-order chi connectivity index (χ1) is 10.6. The zero-order valence-electron chi connectivity index (χ0n) is 14.6. The van der Waals surface area contributed by atoms with Crippen molar-refractivity contribution in [3.05, 3.63) is 0 Å². The summed E-state index contributed by atoms with van der Waals surface area (Å²) in [6.07, 6.45) is 11.8. The summed E-state index contributed by atoms with van der Waals surface area (Å²) in [5, 5.41) is 10.5. The van der Waals surface area contributed by atoms with E-state index in [9.17, 15) is 5.11 Å².